The van der Waals surface area contributed by atoms with E-state index in [-0.39, 0.29) is 24.8 Å². The summed E-state index contributed by atoms with van der Waals surface area (Å²) in [4.78, 5) is 2.17. The molecule has 0 aliphatic rings. The second kappa shape index (κ2) is 6.93. The molecule has 0 bridgehead atoms. The first-order valence-electron chi connectivity index (χ1n) is 4.13. The Kier molecular flexibility index (Phi) is 7.93. The van der Waals surface area contributed by atoms with Crippen molar-refractivity contribution in [1.29, 1.82) is 0 Å². The van der Waals surface area contributed by atoms with Crippen LogP contribution in [-0.4, -0.2) is 19.0 Å². The van der Waals surface area contributed by atoms with Gasteiger partial charge in [-0.15, -0.1) is 24.8 Å². The number of anilines is 1. The van der Waals surface area contributed by atoms with E-state index in [9.17, 15) is 0 Å². The summed E-state index contributed by atoms with van der Waals surface area (Å²) in [5.74, 6) is 0. The highest BCUT2D eigenvalue weighted by Gasteiger charge is 2.05. The number of halogens is 2. The highest BCUT2D eigenvalue weighted by atomic mass is 35.5. The van der Waals surface area contributed by atoms with Crippen LogP contribution in [0, 0.1) is 0 Å². The van der Waals surface area contributed by atoms with Gasteiger partial charge in [0.1, 0.15) is 0 Å². The largest absolute Gasteiger partial charge is 0.399 e. The zero-order chi connectivity index (χ0) is 9.14. The molecule has 1 aromatic rings. The van der Waals surface area contributed by atoms with Gasteiger partial charge in [0.05, 0.1) is 0 Å². The van der Waals surface area contributed by atoms with Gasteiger partial charge >= 0.3 is 0 Å². The molecule has 0 saturated heterocycles. The molecule has 0 saturated carbocycles. The maximum atomic E-state index is 5.59. The Labute approximate surface area is 98.3 Å². The van der Waals surface area contributed by atoms with Crippen molar-refractivity contribution in [3.05, 3.63) is 29.8 Å². The van der Waals surface area contributed by atoms with Crippen LogP contribution in [0.5, 0.6) is 0 Å². The van der Waals surface area contributed by atoms with E-state index in [1.165, 1.54) is 5.56 Å². The summed E-state index contributed by atoms with van der Waals surface area (Å²) in [5.41, 5.74) is 7.71. The minimum Gasteiger partial charge on any atom is -0.399 e. The molecule has 14 heavy (non-hydrogen) atoms. The van der Waals surface area contributed by atoms with Gasteiger partial charge in [-0.2, -0.15) is 0 Å². The molecular weight excluding hydrogens is 219 g/mol. The molecule has 1 rings (SSSR count). The average molecular weight is 237 g/mol. The molecule has 0 aliphatic carbocycles. The summed E-state index contributed by atoms with van der Waals surface area (Å²) in [6.45, 7) is 2.17. The predicted molar refractivity (Wildman–Crippen MR) is 67.5 cm³/mol. The zero-order valence-corrected chi connectivity index (χ0v) is 10.4. The lowest BCUT2D eigenvalue weighted by Gasteiger charge is -2.19. The van der Waals surface area contributed by atoms with E-state index in [1.807, 2.05) is 12.1 Å². The molecule has 4 heteroatoms. The quantitative estimate of drug-likeness (QED) is 0.801. The number of hydrogen-bond donors (Lipinski definition) is 1. The summed E-state index contributed by atoms with van der Waals surface area (Å²) in [5, 5.41) is 0. The Morgan fingerprint density at radius 2 is 1.50 bits per heavy atom. The second-order valence-electron chi connectivity index (χ2n) is 3.31. The smallest absolute Gasteiger partial charge is 0.0314 e. The fourth-order valence-electron chi connectivity index (χ4n) is 1.07. The van der Waals surface area contributed by atoms with Gasteiger partial charge in [0.2, 0.25) is 0 Å². The van der Waals surface area contributed by atoms with E-state index in [0.29, 0.717) is 6.04 Å². The lowest BCUT2D eigenvalue weighted by molar-refractivity contribution is 0.321. The Morgan fingerprint density at radius 1 is 1.07 bits per heavy atom. The van der Waals surface area contributed by atoms with Crippen LogP contribution in [0.25, 0.3) is 0 Å². The third-order valence-corrected chi connectivity index (χ3v) is 2.19. The predicted octanol–water partition coefficient (Wildman–Crippen LogP) is 2.74. The van der Waals surface area contributed by atoms with Crippen molar-refractivity contribution in [2.24, 2.45) is 0 Å². The minimum absolute atomic E-state index is 0. The van der Waals surface area contributed by atoms with Crippen LogP contribution in [0.4, 0.5) is 5.69 Å². The van der Waals surface area contributed by atoms with Gasteiger partial charge in [-0.05, 0) is 38.7 Å². The van der Waals surface area contributed by atoms with Gasteiger partial charge in [-0.3, -0.25) is 0 Å². The molecule has 0 heterocycles. The Hall–Kier alpha value is -0.440. The van der Waals surface area contributed by atoms with Crippen molar-refractivity contribution in [2.45, 2.75) is 13.0 Å². The van der Waals surface area contributed by atoms with E-state index < -0.39 is 0 Å². The third kappa shape index (κ3) is 4.18. The minimum atomic E-state index is 0. The van der Waals surface area contributed by atoms with E-state index in [4.69, 9.17) is 5.73 Å². The molecule has 1 aromatic carbocycles. The SMILES string of the molecule is CC(c1ccc(N)cc1)N(C)C.Cl.Cl. The average Bonchev–Trinajstić information content (AvgIpc) is 2.04. The lowest BCUT2D eigenvalue weighted by Crippen LogP contribution is -2.16. The molecule has 0 aromatic heterocycles. The molecule has 2 N–H and O–H groups in total. The fourth-order valence-corrected chi connectivity index (χ4v) is 1.07. The van der Waals surface area contributed by atoms with Crippen molar-refractivity contribution >= 4 is 30.5 Å². The summed E-state index contributed by atoms with van der Waals surface area (Å²) < 4.78 is 0. The Morgan fingerprint density at radius 3 is 1.86 bits per heavy atom. The van der Waals surface area contributed by atoms with Crippen LogP contribution in [0.2, 0.25) is 0 Å². The van der Waals surface area contributed by atoms with Crippen LogP contribution in [0.1, 0.15) is 18.5 Å². The number of hydrogen-bond acceptors (Lipinski definition) is 2. The number of nitrogens with two attached hydrogens (primary N) is 1. The lowest BCUT2D eigenvalue weighted by atomic mass is 10.1. The van der Waals surface area contributed by atoms with Crippen molar-refractivity contribution in [1.82, 2.24) is 4.90 Å². The standard InChI is InChI=1S/C10H16N2.2ClH/c1-8(12(2)3)9-4-6-10(11)7-5-9;;/h4-8H,11H2,1-3H3;2*1H. The third-order valence-electron chi connectivity index (χ3n) is 2.19. The first-order chi connectivity index (χ1) is 5.61. The van der Waals surface area contributed by atoms with Crippen LogP contribution >= 0.6 is 24.8 Å². The number of nitrogens with zero attached hydrogens (tertiary/aromatic N) is 1. The van der Waals surface area contributed by atoms with Crippen LogP contribution < -0.4 is 5.73 Å². The molecule has 0 radical (unpaired) electrons. The summed E-state index contributed by atoms with van der Waals surface area (Å²) in [6, 6.07) is 8.47. The fraction of sp³-hybridized carbons (Fsp3) is 0.400. The number of rotatable bonds is 2. The Balaban J connectivity index is 0. The van der Waals surface area contributed by atoms with Crippen LogP contribution in [0.3, 0.4) is 0 Å². The molecule has 0 amide bonds. The van der Waals surface area contributed by atoms with Crippen LogP contribution in [-0.2, 0) is 0 Å². The topological polar surface area (TPSA) is 29.3 Å². The molecular formula is C10H18Cl2N2. The van der Waals surface area contributed by atoms with Gasteiger partial charge < -0.3 is 10.6 Å². The molecule has 0 spiro atoms. The Bertz CT molecular complexity index is 247. The monoisotopic (exact) mass is 236 g/mol. The second-order valence-corrected chi connectivity index (χ2v) is 3.31. The van der Waals surface area contributed by atoms with Crippen molar-refractivity contribution in [3.8, 4) is 0 Å². The van der Waals surface area contributed by atoms with Gasteiger partial charge in [0.15, 0.2) is 0 Å². The summed E-state index contributed by atoms with van der Waals surface area (Å²) >= 11 is 0. The van der Waals surface area contributed by atoms with Crippen molar-refractivity contribution < 1.29 is 0 Å². The van der Waals surface area contributed by atoms with E-state index in [2.05, 4.69) is 38.1 Å². The van der Waals surface area contributed by atoms with Gasteiger partial charge in [-0.25, -0.2) is 0 Å². The highest BCUT2D eigenvalue weighted by Crippen LogP contribution is 2.17. The van der Waals surface area contributed by atoms with Crippen molar-refractivity contribution in [3.63, 3.8) is 0 Å². The maximum Gasteiger partial charge on any atom is 0.0314 e. The number of nitrogen functional groups attached to an aromatic ring is 1. The zero-order valence-electron chi connectivity index (χ0n) is 8.73. The molecule has 82 valence electrons. The van der Waals surface area contributed by atoms with Gasteiger partial charge in [0.25, 0.3) is 0 Å². The van der Waals surface area contributed by atoms with Crippen molar-refractivity contribution in [2.75, 3.05) is 19.8 Å². The molecule has 2 nitrogen and oxygen atoms in total. The van der Waals surface area contributed by atoms with Crippen LogP contribution in [0.15, 0.2) is 24.3 Å². The van der Waals surface area contributed by atoms with Gasteiger partial charge in [-0.1, -0.05) is 12.1 Å². The molecule has 0 fully saturated rings. The molecule has 0 aliphatic heterocycles. The van der Waals surface area contributed by atoms with E-state index >= 15 is 0 Å². The van der Waals surface area contributed by atoms with E-state index in [0.717, 1.165) is 5.69 Å². The summed E-state index contributed by atoms with van der Waals surface area (Å²) in [7, 11) is 4.14. The van der Waals surface area contributed by atoms with Gasteiger partial charge in [0, 0.05) is 11.7 Å². The molecule has 1 unspecified atom stereocenters. The number of benzene rings is 1. The summed E-state index contributed by atoms with van der Waals surface area (Å²) in [6.07, 6.45) is 0. The first-order valence-corrected chi connectivity index (χ1v) is 4.13. The molecule has 1 atom stereocenters. The first kappa shape index (κ1) is 16.0. The normalized spacial score (nSPS) is 11.4. The maximum absolute atomic E-state index is 5.59. The van der Waals surface area contributed by atoms with E-state index in [1.54, 1.807) is 0 Å². The highest BCUT2D eigenvalue weighted by molar-refractivity contribution is 5.85.